The van der Waals surface area contributed by atoms with E-state index in [0.717, 1.165) is 31.1 Å². The molecule has 0 aliphatic carbocycles. The number of aliphatic hydroxyl groups excluding tert-OH is 1. The fraction of sp³-hybridized carbons (Fsp3) is 0.348. The molecule has 0 radical (unpaired) electrons. The van der Waals surface area contributed by atoms with Crippen molar-refractivity contribution in [2.24, 2.45) is 5.41 Å². The summed E-state index contributed by atoms with van der Waals surface area (Å²) in [5.74, 6) is 0.0515. The highest BCUT2D eigenvalue weighted by atomic mass is 16.3. The number of benzene rings is 2. The van der Waals surface area contributed by atoms with Gasteiger partial charge in [-0.05, 0) is 23.5 Å². The van der Waals surface area contributed by atoms with E-state index in [4.69, 9.17) is 0 Å². The van der Waals surface area contributed by atoms with Crippen molar-refractivity contribution in [3.8, 4) is 16.9 Å². The predicted octanol–water partition coefficient (Wildman–Crippen LogP) is 5.46. The number of hydrogen-bond donors (Lipinski definition) is 2. The summed E-state index contributed by atoms with van der Waals surface area (Å²) in [5, 5.41) is 21.3. The van der Waals surface area contributed by atoms with Gasteiger partial charge in [0.1, 0.15) is 5.75 Å². The van der Waals surface area contributed by atoms with Gasteiger partial charge in [0.05, 0.1) is 6.10 Å². The van der Waals surface area contributed by atoms with Crippen molar-refractivity contribution < 1.29 is 15.0 Å². The molecule has 0 aliphatic heterocycles. The van der Waals surface area contributed by atoms with Crippen LogP contribution in [-0.2, 0) is 0 Å². The summed E-state index contributed by atoms with van der Waals surface area (Å²) in [6.07, 6.45) is 6.43. The standard InChI is InChI=1S/C23H28O3/c1-4-5-15-23(2,3)21(25)14-13-20-18(16-24)11-12-19(22(20)26)17-9-7-6-8-10-17/h6-14,16,21,25-26H,4-5,15H2,1-3H3/t21-/m0/s1. The van der Waals surface area contributed by atoms with Crippen molar-refractivity contribution in [1.29, 1.82) is 0 Å². The Hall–Kier alpha value is -2.39. The average molecular weight is 352 g/mol. The Morgan fingerprint density at radius 1 is 1.12 bits per heavy atom. The summed E-state index contributed by atoms with van der Waals surface area (Å²) in [7, 11) is 0. The molecule has 0 heterocycles. The molecule has 0 fully saturated rings. The van der Waals surface area contributed by atoms with Crippen LogP contribution in [0.3, 0.4) is 0 Å². The van der Waals surface area contributed by atoms with Gasteiger partial charge < -0.3 is 10.2 Å². The molecule has 138 valence electrons. The van der Waals surface area contributed by atoms with Gasteiger partial charge in [-0.25, -0.2) is 0 Å². The Kier molecular flexibility index (Phi) is 6.76. The van der Waals surface area contributed by atoms with Crippen molar-refractivity contribution in [2.75, 3.05) is 0 Å². The third kappa shape index (κ3) is 4.61. The lowest BCUT2D eigenvalue weighted by atomic mass is 9.81. The highest BCUT2D eigenvalue weighted by Crippen LogP contribution is 2.35. The maximum Gasteiger partial charge on any atom is 0.150 e. The first-order chi connectivity index (χ1) is 12.4. The molecule has 3 nitrogen and oxygen atoms in total. The lowest BCUT2D eigenvalue weighted by molar-refractivity contribution is 0.0822. The van der Waals surface area contributed by atoms with Gasteiger partial charge in [0.2, 0.25) is 0 Å². The summed E-state index contributed by atoms with van der Waals surface area (Å²) in [4.78, 5) is 11.4. The largest absolute Gasteiger partial charge is 0.507 e. The number of hydrogen-bond acceptors (Lipinski definition) is 3. The number of carbonyl (C=O) groups excluding carboxylic acids is 1. The molecule has 0 bridgehead atoms. The van der Waals surface area contributed by atoms with Gasteiger partial charge >= 0.3 is 0 Å². The van der Waals surface area contributed by atoms with Gasteiger partial charge in [-0.1, -0.05) is 82.2 Å². The van der Waals surface area contributed by atoms with E-state index >= 15 is 0 Å². The van der Waals surface area contributed by atoms with Crippen LogP contribution in [0.4, 0.5) is 0 Å². The van der Waals surface area contributed by atoms with E-state index in [1.54, 1.807) is 24.3 Å². The van der Waals surface area contributed by atoms with E-state index in [9.17, 15) is 15.0 Å². The molecule has 0 unspecified atom stereocenters. The lowest BCUT2D eigenvalue weighted by Crippen LogP contribution is -2.27. The van der Waals surface area contributed by atoms with Crippen LogP contribution in [0.15, 0.2) is 48.5 Å². The molecule has 0 aliphatic rings. The summed E-state index contributed by atoms with van der Waals surface area (Å²) >= 11 is 0. The van der Waals surface area contributed by atoms with Gasteiger partial charge in [0.15, 0.2) is 6.29 Å². The molecule has 3 heteroatoms. The first-order valence-electron chi connectivity index (χ1n) is 9.13. The third-order valence-electron chi connectivity index (χ3n) is 4.88. The molecule has 1 atom stereocenters. The monoisotopic (exact) mass is 352 g/mol. The summed E-state index contributed by atoms with van der Waals surface area (Å²) < 4.78 is 0. The SMILES string of the molecule is CCCCC(C)(C)[C@@H](O)C=Cc1c(C=O)ccc(-c2ccccc2)c1O. The van der Waals surface area contributed by atoms with Gasteiger partial charge in [0, 0.05) is 16.7 Å². The molecule has 0 amide bonds. The number of rotatable bonds is 8. The number of unbranched alkanes of at least 4 members (excludes halogenated alkanes) is 1. The van der Waals surface area contributed by atoms with Gasteiger partial charge in [0.25, 0.3) is 0 Å². The van der Waals surface area contributed by atoms with Gasteiger partial charge in [-0.2, -0.15) is 0 Å². The molecule has 2 N–H and O–H groups in total. The van der Waals surface area contributed by atoms with Crippen LogP contribution < -0.4 is 0 Å². The van der Waals surface area contributed by atoms with Crippen molar-refractivity contribution >= 4 is 12.4 Å². The minimum Gasteiger partial charge on any atom is -0.507 e. The van der Waals surface area contributed by atoms with Gasteiger partial charge in [-0.3, -0.25) is 4.79 Å². The first-order valence-corrected chi connectivity index (χ1v) is 9.13. The number of aldehydes is 1. The van der Waals surface area contributed by atoms with Crippen LogP contribution in [0, 0.1) is 5.41 Å². The van der Waals surface area contributed by atoms with Crippen molar-refractivity contribution in [2.45, 2.75) is 46.1 Å². The molecule has 26 heavy (non-hydrogen) atoms. The van der Waals surface area contributed by atoms with Gasteiger partial charge in [-0.15, -0.1) is 0 Å². The van der Waals surface area contributed by atoms with Crippen LogP contribution in [0.5, 0.6) is 5.75 Å². The van der Waals surface area contributed by atoms with Crippen LogP contribution in [-0.4, -0.2) is 22.6 Å². The number of aliphatic hydroxyl groups is 1. The number of phenolic OH excluding ortho intramolecular Hbond substituents is 1. The van der Waals surface area contributed by atoms with E-state index in [1.165, 1.54) is 0 Å². The molecule has 2 aromatic carbocycles. The summed E-state index contributed by atoms with van der Waals surface area (Å²) in [5.41, 5.74) is 2.11. The smallest absolute Gasteiger partial charge is 0.150 e. The molecule has 0 aromatic heterocycles. The third-order valence-corrected chi connectivity index (χ3v) is 4.88. The number of carbonyl (C=O) groups is 1. The molecular formula is C23H28O3. The maximum atomic E-state index is 11.4. The minimum absolute atomic E-state index is 0.0515. The molecular weight excluding hydrogens is 324 g/mol. The molecule has 2 aromatic rings. The second-order valence-corrected chi connectivity index (χ2v) is 7.34. The van der Waals surface area contributed by atoms with E-state index in [-0.39, 0.29) is 11.2 Å². The Bertz CT molecular complexity index is 761. The summed E-state index contributed by atoms with van der Waals surface area (Å²) in [6.45, 7) is 6.18. The predicted molar refractivity (Wildman–Crippen MR) is 107 cm³/mol. The highest BCUT2D eigenvalue weighted by molar-refractivity contribution is 5.88. The molecule has 0 saturated carbocycles. The van der Waals surface area contributed by atoms with Crippen LogP contribution in [0.1, 0.15) is 56.0 Å². The molecule has 0 saturated heterocycles. The molecule has 0 spiro atoms. The van der Waals surface area contributed by atoms with E-state index in [1.807, 2.05) is 44.2 Å². The lowest BCUT2D eigenvalue weighted by Gasteiger charge is -2.28. The molecule has 2 rings (SSSR count). The zero-order chi connectivity index (χ0) is 19.2. The zero-order valence-corrected chi connectivity index (χ0v) is 15.8. The summed E-state index contributed by atoms with van der Waals surface area (Å²) in [6, 6.07) is 13.0. The van der Waals surface area contributed by atoms with Crippen LogP contribution in [0.2, 0.25) is 0 Å². The Morgan fingerprint density at radius 3 is 2.42 bits per heavy atom. The number of aromatic hydroxyl groups is 1. The second-order valence-electron chi connectivity index (χ2n) is 7.34. The zero-order valence-electron chi connectivity index (χ0n) is 15.8. The average Bonchev–Trinajstić information content (AvgIpc) is 2.65. The van der Waals surface area contributed by atoms with Crippen molar-refractivity contribution in [3.05, 3.63) is 59.7 Å². The fourth-order valence-electron chi connectivity index (χ4n) is 2.98. The van der Waals surface area contributed by atoms with Crippen LogP contribution in [0.25, 0.3) is 17.2 Å². The van der Waals surface area contributed by atoms with E-state index in [2.05, 4.69) is 6.92 Å². The fourth-order valence-corrected chi connectivity index (χ4v) is 2.98. The number of phenols is 1. The highest BCUT2D eigenvalue weighted by Gasteiger charge is 2.25. The van der Waals surface area contributed by atoms with Crippen LogP contribution >= 0.6 is 0 Å². The maximum absolute atomic E-state index is 11.4. The topological polar surface area (TPSA) is 57.5 Å². The quantitative estimate of drug-likeness (QED) is 0.620. The van der Waals surface area contributed by atoms with Crippen molar-refractivity contribution in [3.63, 3.8) is 0 Å². The first kappa shape index (κ1) is 19.9. The van der Waals surface area contributed by atoms with E-state index in [0.29, 0.717) is 16.7 Å². The Balaban J connectivity index is 2.37. The Labute approximate surface area is 156 Å². The van der Waals surface area contributed by atoms with Crippen molar-refractivity contribution in [1.82, 2.24) is 0 Å². The van der Waals surface area contributed by atoms with E-state index < -0.39 is 6.10 Å². The normalized spacial score (nSPS) is 13.1. The minimum atomic E-state index is -0.659. The Morgan fingerprint density at radius 2 is 1.81 bits per heavy atom. The second kappa shape index (κ2) is 8.81.